The highest BCUT2D eigenvalue weighted by Crippen LogP contribution is 2.24. The average molecular weight is 501 g/mol. The maximum Gasteiger partial charge on any atom is 0.410 e. The molecule has 34 heavy (non-hydrogen) atoms. The number of carbonyl (C=O) groups excluding carboxylic acids is 3. The summed E-state index contributed by atoms with van der Waals surface area (Å²) < 4.78 is 6.80. The number of benzene rings is 1. The van der Waals surface area contributed by atoms with E-state index in [1.807, 2.05) is 0 Å². The van der Waals surface area contributed by atoms with Crippen LogP contribution in [-0.2, 0) is 9.53 Å². The summed E-state index contributed by atoms with van der Waals surface area (Å²) in [4.78, 5) is 51.5. The van der Waals surface area contributed by atoms with Crippen molar-refractivity contribution in [2.24, 2.45) is 0 Å². The molecule has 0 bridgehead atoms. The number of ether oxygens (including phenoxy) is 1. The van der Waals surface area contributed by atoms with Gasteiger partial charge in [0.2, 0.25) is 5.91 Å². The van der Waals surface area contributed by atoms with Crippen molar-refractivity contribution in [1.29, 1.82) is 0 Å². The van der Waals surface area contributed by atoms with Crippen LogP contribution in [0.5, 0.6) is 0 Å². The van der Waals surface area contributed by atoms with E-state index in [0.29, 0.717) is 20.6 Å². The normalized spacial score (nSPS) is 17.3. The predicted octanol–water partition coefficient (Wildman–Crippen LogP) is 3.13. The van der Waals surface area contributed by atoms with Crippen molar-refractivity contribution in [3.63, 3.8) is 0 Å². The molecule has 9 nitrogen and oxygen atoms in total. The minimum absolute atomic E-state index is 0.130. The highest BCUT2D eigenvalue weighted by atomic mass is 35.5. The first-order valence-electron chi connectivity index (χ1n) is 10.4. The zero-order valence-corrected chi connectivity index (χ0v) is 19.6. The molecule has 0 saturated carbocycles. The van der Waals surface area contributed by atoms with Gasteiger partial charge in [-0.05, 0) is 48.9 Å². The average Bonchev–Trinajstić information content (AvgIpc) is 3.46. The van der Waals surface area contributed by atoms with Crippen LogP contribution in [0.1, 0.15) is 16.1 Å². The number of amides is 3. The summed E-state index contributed by atoms with van der Waals surface area (Å²) in [5.41, 5.74) is 0.984. The molecule has 3 aromatic rings. The Bertz CT molecular complexity index is 1270. The topological polar surface area (TPSA) is 110 Å². The Labute approximate surface area is 203 Å². The molecule has 1 fully saturated rings. The standard InChI is InChI=1S/C23H21ClN4O5S/c1-33-23(32)28-13-15(26-22(31)18-9-10-19(24)34-18)12-17(28)21(30)25-14-5-7-16(8-6-14)27-11-3-2-4-20(27)29/h2-11,15,17H,12-13H2,1H3,(H,25,30)(H,26,31)/t15-,17?/m0/s1. The zero-order chi connectivity index (χ0) is 24.2. The van der Waals surface area contributed by atoms with Crippen molar-refractivity contribution in [3.8, 4) is 5.69 Å². The maximum absolute atomic E-state index is 13.0. The van der Waals surface area contributed by atoms with Crippen LogP contribution in [0.4, 0.5) is 10.5 Å². The fourth-order valence-electron chi connectivity index (χ4n) is 3.77. The summed E-state index contributed by atoms with van der Waals surface area (Å²) in [6, 6.07) is 13.6. The highest BCUT2D eigenvalue weighted by molar-refractivity contribution is 7.18. The summed E-state index contributed by atoms with van der Waals surface area (Å²) in [5.74, 6) is -0.731. The number of nitrogens with zero attached hydrogens (tertiary/aromatic N) is 2. The lowest BCUT2D eigenvalue weighted by Crippen LogP contribution is -2.43. The minimum Gasteiger partial charge on any atom is -0.453 e. The number of hydrogen-bond acceptors (Lipinski definition) is 6. The van der Waals surface area contributed by atoms with Crippen LogP contribution in [0.2, 0.25) is 4.34 Å². The molecule has 11 heteroatoms. The predicted molar refractivity (Wildman–Crippen MR) is 129 cm³/mol. The van der Waals surface area contributed by atoms with E-state index in [1.54, 1.807) is 54.7 Å². The number of hydrogen-bond donors (Lipinski definition) is 2. The maximum atomic E-state index is 13.0. The first kappa shape index (κ1) is 23.5. The third kappa shape index (κ3) is 5.13. The second-order valence-electron chi connectivity index (χ2n) is 7.59. The second kappa shape index (κ2) is 10.1. The number of methoxy groups -OCH3 is 1. The molecule has 1 saturated heterocycles. The smallest absolute Gasteiger partial charge is 0.410 e. The number of rotatable bonds is 5. The summed E-state index contributed by atoms with van der Waals surface area (Å²) in [7, 11) is 1.24. The molecule has 3 amide bonds. The number of likely N-dealkylation sites (tertiary alicyclic amines) is 1. The Morgan fingerprint density at radius 1 is 1.09 bits per heavy atom. The highest BCUT2D eigenvalue weighted by Gasteiger charge is 2.41. The van der Waals surface area contributed by atoms with E-state index in [1.165, 1.54) is 22.6 Å². The van der Waals surface area contributed by atoms with Gasteiger partial charge in [-0.3, -0.25) is 23.9 Å². The van der Waals surface area contributed by atoms with Gasteiger partial charge in [-0.25, -0.2) is 4.79 Å². The molecule has 1 aliphatic rings. The number of halogens is 1. The van der Waals surface area contributed by atoms with Crippen LogP contribution in [0.15, 0.2) is 65.6 Å². The van der Waals surface area contributed by atoms with Crippen molar-refractivity contribution >= 4 is 46.5 Å². The third-order valence-corrected chi connectivity index (χ3v) is 6.61. The molecule has 176 valence electrons. The van der Waals surface area contributed by atoms with Crippen LogP contribution < -0.4 is 16.2 Å². The lowest BCUT2D eigenvalue weighted by molar-refractivity contribution is -0.120. The zero-order valence-electron chi connectivity index (χ0n) is 18.1. The minimum atomic E-state index is -0.832. The van der Waals surface area contributed by atoms with Gasteiger partial charge in [-0.1, -0.05) is 17.7 Å². The van der Waals surface area contributed by atoms with Gasteiger partial charge in [0.25, 0.3) is 11.5 Å². The molecule has 4 rings (SSSR count). The molecular formula is C23H21ClN4O5S. The quantitative estimate of drug-likeness (QED) is 0.559. The molecule has 2 aromatic heterocycles. The van der Waals surface area contributed by atoms with Crippen LogP contribution in [0.3, 0.4) is 0 Å². The van der Waals surface area contributed by atoms with Crippen LogP contribution >= 0.6 is 22.9 Å². The fourth-order valence-corrected chi connectivity index (χ4v) is 4.72. The van der Waals surface area contributed by atoms with E-state index in [9.17, 15) is 19.2 Å². The van der Waals surface area contributed by atoms with Gasteiger partial charge < -0.3 is 15.4 Å². The summed E-state index contributed by atoms with van der Waals surface area (Å²) in [6.07, 6.45) is 1.22. The number of carbonyl (C=O) groups is 3. The first-order valence-corrected chi connectivity index (χ1v) is 11.5. The van der Waals surface area contributed by atoms with Crippen molar-refractivity contribution in [2.45, 2.75) is 18.5 Å². The van der Waals surface area contributed by atoms with Crippen molar-refractivity contribution in [1.82, 2.24) is 14.8 Å². The molecule has 0 radical (unpaired) electrons. The van der Waals surface area contributed by atoms with Crippen molar-refractivity contribution in [3.05, 3.63) is 80.4 Å². The largest absolute Gasteiger partial charge is 0.453 e. The molecule has 3 heterocycles. The van der Waals surface area contributed by atoms with Gasteiger partial charge in [0.1, 0.15) is 6.04 Å². The van der Waals surface area contributed by atoms with Gasteiger partial charge in [0.05, 0.1) is 16.3 Å². The Kier molecular flexibility index (Phi) is 6.99. The van der Waals surface area contributed by atoms with E-state index in [4.69, 9.17) is 16.3 Å². The molecule has 0 spiro atoms. The van der Waals surface area contributed by atoms with Crippen molar-refractivity contribution < 1.29 is 19.1 Å². The van der Waals surface area contributed by atoms with Gasteiger partial charge in [0, 0.05) is 36.2 Å². The third-order valence-electron chi connectivity index (χ3n) is 5.38. The number of thiophene rings is 1. The molecule has 1 aromatic carbocycles. The van der Waals surface area contributed by atoms with Gasteiger partial charge >= 0.3 is 6.09 Å². The Morgan fingerprint density at radius 2 is 1.85 bits per heavy atom. The second-order valence-corrected chi connectivity index (χ2v) is 9.31. The van der Waals surface area contributed by atoms with Crippen molar-refractivity contribution in [2.75, 3.05) is 19.0 Å². The number of aromatic nitrogens is 1. The lowest BCUT2D eigenvalue weighted by Gasteiger charge is -2.22. The molecule has 2 atom stereocenters. The Hall–Kier alpha value is -3.63. The Balaban J connectivity index is 1.45. The SMILES string of the molecule is COC(=O)N1C[C@@H](NC(=O)c2ccc(Cl)s2)CC1C(=O)Nc1ccc(-n2ccccc2=O)cc1. The lowest BCUT2D eigenvalue weighted by atomic mass is 10.1. The Morgan fingerprint density at radius 3 is 2.50 bits per heavy atom. The number of anilines is 1. The van der Waals surface area contributed by atoms with E-state index in [2.05, 4.69) is 10.6 Å². The number of nitrogens with one attached hydrogen (secondary N) is 2. The molecular weight excluding hydrogens is 480 g/mol. The summed E-state index contributed by atoms with van der Waals surface area (Å²) >= 11 is 7.05. The van der Waals surface area contributed by atoms with E-state index < -0.39 is 24.1 Å². The fraction of sp³-hybridized carbons (Fsp3) is 0.217. The molecule has 1 aliphatic heterocycles. The monoisotopic (exact) mass is 500 g/mol. The van der Waals surface area contributed by atoms with Gasteiger partial charge in [0.15, 0.2) is 0 Å². The molecule has 1 unspecified atom stereocenters. The molecule has 2 N–H and O–H groups in total. The van der Waals surface area contributed by atoms with Gasteiger partial charge in [-0.2, -0.15) is 0 Å². The van der Waals surface area contributed by atoms with Crippen LogP contribution in [0.25, 0.3) is 5.69 Å². The summed E-state index contributed by atoms with van der Waals surface area (Å²) in [5, 5.41) is 5.64. The van der Waals surface area contributed by atoms with Crippen LogP contribution in [-0.4, -0.2) is 53.1 Å². The van der Waals surface area contributed by atoms with E-state index in [-0.39, 0.29) is 24.4 Å². The number of pyridine rings is 1. The van der Waals surface area contributed by atoms with Crippen LogP contribution in [0, 0.1) is 0 Å². The van der Waals surface area contributed by atoms with E-state index in [0.717, 1.165) is 11.3 Å². The van der Waals surface area contributed by atoms with E-state index >= 15 is 0 Å². The molecule has 0 aliphatic carbocycles. The van der Waals surface area contributed by atoms with Gasteiger partial charge in [-0.15, -0.1) is 11.3 Å². The first-order chi connectivity index (χ1) is 16.4. The summed E-state index contributed by atoms with van der Waals surface area (Å²) in [6.45, 7) is 0.130.